The second-order valence-corrected chi connectivity index (χ2v) is 10.1. The summed E-state index contributed by atoms with van der Waals surface area (Å²) >= 11 is 0. The molecular formula is C21H22F5N3O2S. The maximum Gasteiger partial charge on any atom is 0.310 e. The summed E-state index contributed by atoms with van der Waals surface area (Å²) in [6.07, 6.45) is 3.18. The van der Waals surface area contributed by atoms with Crippen molar-refractivity contribution in [3.63, 3.8) is 0 Å². The first-order valence-corrected chi connectivity index (χ1v) is 11.6. The van der Waals surface area contributed by atoms with Crippen molar-refractivity contribution >= 4 is 27.3 Å². The van der Waals surface area contributed by atoms with Crippen molar-refractivity contribution in [1.82, 2.24) is 4.98 Å². The molecule has 0 radical (unpaired) electrons. The molecule has 0 saturated carbocycles. The van der Waals surface area contributed by atoms with E-state index < -0.39 is 27.0 Å². The number of aromatic nitrogens is 1. The number of hydrogen-bond acceptors (Lipinski definition) is 5. The molecular weight excluding hydrogens is 453 g/mol. The Labute approximate surface area is 182 Å². The second-order valence-electron chi connectivity index (χ2n) is 7.70. The normalized spacial score (nSPS) is 20.8. The summed E-state index contributed by atoms with van der Waals surface area (Å²) in [5, 5.41) is 12.5. The fraction of sp³-hybridized carbons (Fsp3) is 0.333. The lowest BCUT2D eigenvalue weighted by Gasteiger charge is -2.40. The summed E-state index contributed by atoms with van der Waals surface area (Å²) in [6.45, 7) is 5.57. The van der Waals surface area contributed by atoms with Gasteiger partial charge in [-0.2, -0.15) is 5.26 Å². The van der Waals surface area contributed by atoms with E-state index in [9.17, 15) is 24.7 Å². The van der Waals surface area contributed by atoms with Crippen LogP contribution in [0.25, 0.3) is 5.57 Å². The van der Waals surface area contributed by atoms with Gasteiger partial charge in [-0.25, -0.2) is 4.98 Å². The van der Waals surface area contributed by atoms with Crippen molar-refractivity contribution in [3.05, 3.63) is 53.7 Å². The van der Waals surface area contributed by atoms with E-state index in [1.807, 2.05) is 6.92 Å². The highest BCUT2D eigenvalue weighted by molar-refractivity contribution is 8.45. The Balaban J connectivity index is 2.05. The molecule has 1 N–H and O–H groups in total. The van der Waals surface area contributed by atoms with E-state index >= 15 is 0 Å². The number of pyridine rings is 1. The number of anilines is 2. The van der Waals surface area contributed by atoms with Crippen molar-refractivity contribution in [2.45, 2.75) is 44.0 Å². The molecule has 5 nitrogen and oxygen atoms in total. The maximum atomic E-state index is 13.0. The van der Waals surface area contributed by atoms with Crippen LogP contribution in [-0.2, 0) is 9.47 Å². The Kier molecular flexibility index (Phi) is 5.57. The summed E-state index contributed by atoms with van der Waals surface area (Å²) in [7, 11) is -9.77. The molecule has 1 fully saturated rings. The molecule has 1 atom stereocenters. The van der Waals surface area contributed by atoms with Crippen LogP contribution < -0.4 is 5.32 Å². The summed E-state index contributed by atoms with van der Waals surface area (Å²) in [5.41, 5.74) is 1.40. The van der Waals surface area contributed by atoms with Crippen molar-refractivity contribution < 1.29 is 28.9 Å². The highest BCUT2D eigenvalue weighted by Gasteiger charge is 2.65. The molecule has 1 aromatic heterocycles. The summed E-state index contributed by atoms with van der Waals surface area (Å²) in [4.78, 5) is 2.24. The Morgan fingerprint density at radius 2 is 1.88 bits per heavy atom. The van der Waals surface area contributed by atoms with Crippen LogP contribution >= 0.6 is 10.2 Å². The molecule has 0 amide bonds. The summed E-state index contributed by atoms with van der Waals surface area (Å²) in [6, 6.07) is 6.19. The molecule has 1 unspecified atom stereocenters. The predicted molar refractivity (Wildman–Crippen MR) is 113 cm³/mol. The molecule has 11 heteroatoms. The van der Waals surface area contributed by atoms with Crippen LogP contribution in [0.4, 0.5) is 30.9 Å². The molecule has 1 saturated heterocycles. The monoisotopic (exact) mass is 475 g/mol. The van der Waals surface area contributed by atoms with Crippen LogP contribution in [0, 0.1) is 11.3 Å². The highest BCUT2D eigenvalue weighted by Crippen LogP contribution is 3.02. The summed E-state index contributed by atoms with van der Waals surface area (Å²) < 4.78 is 76.5. The number of rotatable bonds is 6. The number of halogens is 5. The number of nitrogens with one attached hydrogen (secondary N) is 1. The fourth-order valence-electron chi connectivity index (χ4n) is 3.30. The third-order valence-electron chi connectivity index (χ3n) is 4.70. The molecule has 0 aliphatic carbocycles. The SMILES string of the molecule is CC/C=C(\C#N)c1c(C2COC(C)(C)O2)ccnc1Nc1ccc(S(F)(F)(F)(F)F)cc1. The predicted octanol–water partition coefficient (Wildman–Crippen LogP) is 7.62. The third-order valence-corrected chi connectivity index (χ3v) is 5.86. The lowest BCUT2D eigenvalue weighted by Crippen LogP contribution is -2.20. The van der Waals surface area contributed by atoms with E-state index in [1.54, 1.807) is 26.0 Å². The van der Waals surface area contributed by atoms with Crippen molar-refractivity contribution in [2.24, 2.45) is 0 Å². The van der Waals surface area contributed by atoms with Crippen LogP contribution in [0.3, 0.4) is 0 Å². The van der Waals surface area contributed by atoms with Gasteiger partial charge in [-0.3, -0.25) is 0 Å². The molecule has 1 aromatic carbocycles. The first-order chi connectivity index (χ1) is 14.6. The first kappa shape index (κ1) is 24.0. The minimum Gasteiger partial charge on any atom is -0.347 e. The van der Waals surface area contributed by atoms with Gasteiger partial charge in [-0.05, 0) is 56.2 Å². The van der Waals surface area contributed by atoms with E-state index in [0.29, 0.717) is 29.7 Å². The van der Waals surface area contributed by atoms with E-state index in [2.05, 4.69) is 16.4 Å². The van der Waals surface area contributed by atoms with Crippen molar-refractivity contribution in [2.75, 3.05) is 11.9 Å². The summed E-state index contributed by atoms with van der Waals surface area (Å²) in [5.74, 6) is -0.654. The van der Waals surface area contributed by atoms with Gasteiger partial charge in [0.05, 0.1) is 18.2 Å². The van der Waals surface area contributed by atoms with Gasteiger partial charge in [-0.1, -0.05) is 32.4 Å². The minimum absolute atomic E-state index is 0.0965. The zero-order valence-electron chi connectivity index (χ0n) is 17.5. The largest absolute Gasteiger partial charge is 0.347 e. The molecule has 174 valence electrons. The van der Waals surface area contributed by atoms with Crippen LogP contribution in [-0.4, -0.2) is 17.4 Å². The van der Waals surface area contributed by atoms with Gasteiger partial charge in [0.15, 0.2) is 5.79 Å². The minimum atomic E-state index is -9.77. The number of benzene rings is 1. The van der Waals surface area contributed by atoms with Gasteiger partial charge in [-0.15, -0.1) is 0 Å². The third kappa shape index (κ3) is 5.38. The molecule has 1 aliphatic rings. The molecule has 0 bridgehead atoms. The maximum absolute atomic E-state index is 13.0. The second kappa shape index (κ2) is 7.43. The number of ether oxygens (including phenoxy) is 2. The van der Waals surface area contributed by atoms with Gasteiger partial charge >= 0.3 is 10.2 Å². The molecule has 32 heavy (non-hydrogen) atoms. The number of nitrogens with zero attached hydrogens (tertiary/aromatic N) is 2. The van der Waals surface area contributed by atoms with Crippen molar-refractivity contribution in [3.8, 4) is 6.07 Å². The molecule has 2 aromatic rings. The zero-order valence-corrected chi connectivity index (χ0v) is 18.4. The number of allylic oxidation sites excluding steroid dienone is 2. The van der Waals surface area contributed by atoms with E-state index in [4.69, 9.17) is 9.47 Å². The van der Waals surface area contributed by atoms with Gasteiger partial charge in [0, 0.05) is 17.4 Å². The van der Waals surface area contributed by atoms with Crippen LogP contribution in [0.2, 0.25) is 0 Å². The Morgan fingerprint density at radius 1 is 1.22 bits per heavy atom. The first-order valence-electron chi connectivity index (χ1n) is 9.66. The van der Waals surface area contributed by atoms with E-state index in [0.717, 1.165) is 12.1 Å². The Hall–Kier alpha value is -2.68. The van der Waals surface area contributed by atoms with Crippen molar-refractivity contribution in [1.29, 1.82) is 5.26 Å². The fourth-order valence-corrected chi connectivity index (χ4v) is 3.95. The quantitative estimate of drug-likeness (QED) is 0.344. The standard InChI is InChI=1S/C21H22F5N3O2S/c1-4-5-14(12-27)19-17(18-13-30-21(2,3)31-18)10-11-28-20(19)29-15-6-8-16(9-7-15)32(22,23,24,25)26/h5-11,18H,4,13H2,1-3H3,(H,28,29)/b14-5+. The lowest BCUT2D eigenvalue weighted by atomic mass is 9.97. The Morgan fingerprint density at radius 3 is 2.38 bits per heavy atom. The highest BCUT2D eigenvalue weighted by atomic mass is 32.5. The van der Waals surface area contributed by atoms with E-state index in [1.165, 1.54) is 6.20 Å². The topological polar surface area (TPSA) is 67.2 Å². The molecule has 1 aliphatic heterocycles. The number of hydrogen-bond donors (Lipinski definition) is 1. The molecule has 0 spiro atoms. The van der Waals surface area contributed by atoms with Gasteiger partial charge in [0.25, 0.3) is 0 Å². The van der Waals surface area contributed by atoms with Crippen LogP contribution in [0.1, 0.15) is 44.4 Å². The van der Waals surface area contributed by atoms with Gasteiger partial charge in [0.2, 0.25) is 0 Å². The average molecular weight is 475 g/mol. The smallest absolute Gasteiger partial charge is 0.310 e. The van der Waals surface area contributed by atoms with Gasteiger partial charge in [0.1, 0.15) is 16.8 Å². The van der Waals surface area contributed by atoms with E-state index in [-0.39, 0.29) is 23.7 Å². The van der Waals surface area contributed by atoms with Gasteiger partial charge < -0.3 is 14.8 Å². The zero-order chi connectivity index (χ0) is 23.8. The molecule has 2 heterocycles. The Bertz CT molecular complexity index is 1090. The molecule has 3 rings (SSSR count). The van der Waals surface area contributed by atoms with Crippen LogP contribution in [0.5, 0.6) is 0 Å². The lowest BCUT2D eigenvalue weighted by molar-refractivity contribution is -0.139. The average Bonchev–Trinajstić information content (AvgIpc) is 3.04. The van der Waals surface area contributed by atoms with Crippen LogP contribution in [0.15, 0.2) is 47.5 Å². The number of nitriles is 1.